The summed E-state index contributed by atoms with van der Waals surface area (Å²) in [5.74, 6) is 0.0143. The Morgan fingerprint density at radius 1 is 1.56 bits per heavy atom. The van der Waals surface area contributed by atoms with Crippen LogP contribution in [0, 0.1) is 0 Å². The molecule has 0 aliphatic rings. The van der Waals surface area contributed by atoms with E-state index in [1.54, 1.807) is 35.4 Å². The van der Waals surface area contributed by atoms with Gasteiger partial charge in [-0.1, -0.05) is 18.2 Å². The zero-order valence-corrected chi connectivity index (χ0v) is 11.7. The van der Waals surface area contributed by atoms with E-state index in [4.69, 9.17) is 0 Å². The van der Waals surface area contributed by atoms with E-state index in [1.807, 2.05) is 30.5 Å². The van der Waals surface area contributed by atoms with Crippen LogP contribution < -0.4 is 0 Å². The van der Waals surface area contributed by atoms with Crippen molar-refractivity contribution in [3.63, 3.8) is 0 Å². The zero-order valence-electron chi connectivity index (χ0n) is 9.31. The van der Waals surface area contributed by atoms with Crippen LogP contribution in [0.15, 0.2) is 39.5 Å². The summed E-state index contributed by atoms with van der Waals surface area (Å²) in [5, 5.41) is 2.05. The van der Waals surface area contributed by atoms with Crippen LogP contribution >= 0.6 is 27.3 Å². The molecule has 2 nitrogen and oxygen atoms in total. The largest absolute Gasteiger partial charge is 0.338 e. The minimum atomic E-state index is 0.0143. The molecule has 0 atom stereocenters. The van der Waals surface area contributed by atoms with Gasteiger partial charge in [0, 0.05) is 19.7 Å². The Kier molecular flexibility index (Phi) is 5.49. The van der Waals surface area contributed by atoms with Crippen LogP contribution in [0.4, 0.5) is 0 Å². The Hall–Kier alpha value is -0.870. The first-order valence-corrected chi connectivity index (χ1v) is 6.58. The van der Waals surface area contributed by atoms with Crippen LogP contribution in [0.3, 0.4) is 0 Å². The Morgan fingerprint density at radius 3 is 2.88 bits per heavy atom. The second kappa shape index (κ2) is 6.66. The normalized spacial score (nSPS) is 11.4. The summed E-state index contributed by atoms with van der Waals surface area (Å²) in [7, 11) is 1.80. The van der Waals surface area contributed by atoms with Gasteiger partial charge in [0.05, 0.1) is 3.79 Å². The molecule has 0 radical (unpaired) electrons. The average molecular weight is 300 g/mol. The molecule has 86 valence electrons. The summed E-state index contributed by atoms with van der Waals surface area (Å²) in [6, 6.07) is 2.03. The molecule has 0 fully saturated rings. The van der Waals surface area contributed by atoms with Crippen LogP contribution in [-0.4, -0.2) is 17.9 Å². The van der Waals surface area contributed by atoms with Crippen molar-refractivity contribution in [3.05, 3.63) is 45.1 Å². The number of carbonyl (C=O) groups is 1. The number of hydrogen-bond donors (Lipinski definition) is 0. The third-order valence-electron chi connectivity index (χ3n) is 1.96. The third kappa shape index (κ3) is 4.33. The van der Waals surface area contributed by atoms with E-state index in [1.165, 1.54) is 0 Å². The van der Waals surface area contributed by atoms with Gasteiger partial charge in [-0.15, -0.1) is 11.3 Å². The molecule has 16 heavy (non-hydrogen) atoms. The van der Waals surface area contributed by atoms with Gasteiger partial charge in [-0.25, -0.2) is 0 Å². The van der Waals surface area contributed by atoms with Crippen molar-refractivity contribution in [3.8, 4) is 0 Å². The minimum absolute atomic E-state index is 0.0143. The maximum absolute atomic E-state index is 11.6. The van der Waals surface area contributed by atoms with Crippen LogP contribution in [0.1, 0.15) is 12.5 Å². The van der Waals surface area contributed by atoms with Crippen molar-refractivity contribution in [2.75, 3.05) is 7.05 Å². The predicted molar refractivity (Wildman–Crippen MR) is 72.4 cm³/mol. The molecule has 0 bridgehead atoms. The summed E-state index contributed by atoms with van der Waals surface area (Å²) in [4.78, 5) is 13.3. The number of likely N-dealkylation sites (N-methyl/N-ethyl adjacent to an activating group) is 1. The van der Waals surface area contributed by atoms with Gasteiger partial charge in [-0.05, 0) is 39.9 Å². The maximum Gasteiger partial charge on any atom is 0.246 e. The highest BCUT2D eigenvalue weighted by Gasteiger charge is 2.06. The lowest BCUT2D eigenvalue weighted by Gasteiger charge is -2.13. The molecule has 0 aromatic carbocycles. The topological polar surface area (TPSA) is 20.3 Å². The van der Waals surface area contributed by atoms with Gasteiger partial charge in [-0.2, -0.15) is 0 Å². The summed E-state index contributed by atoms with van der Waals surface area (Å²) in [5.41, 5.74) is 1.15. The molecule has 0 N–H and O–H groups in total. The number of allylic oxidation sites excluding steroid dienone is 3. The molecule has 0 saturated heterocycles. The monoisotopic (exact) mass is 299 g/mol. The first kappa shape index (κ1) is 13.2. The van der Waals surface area contributed by atoms with Gasteiger partial charge in [0.2, 0.25) is 5.91 Å². The van der Waals surface area contributed by atoms with Crippen molar-refractivity contribution in [1.82, 2.24) is 4.90 Å². The molecule has 1 amide bonds. The Balaban J connectivity index is 2.52. The van der Waals surface area contributed by atoms with Crippen LogP contribution in [0.25, 0.3) is 0 Å². The molecule has 1 aromatic rings. The van der Waals surface area contributed by atoms with Crippen molar-refractivity contribution in [2.45, 2.75) is 13.5 Å². The second-order valence-corrected chi connectivity index (χ2v) is 5.63. The van der Waals surface area contributed by atoms with E-state index in [0.29, 0.717) is 6.54 Å². The summed E-state index contributed by atoms with van der Waals surface area (Å²) in [6.45, 7) is 2.56. The molecule has 1 rings (SSSR count). The fraction of sp³-hybridized carbons (Fsp3) is 0.250. The lowest BCUT2D eigenvalue weighted by Crippen LogP contribution is -2.23. The van der Waals surface area contributed by atoms with Gasteiger partial charge < -0.3 is 4.90 Å². The zero-order chi connectivity index (χ0) is 12.0. The van der Waals surface area contributed by atoms with Crippen LogP contribution in [0.5, 0.6) is 0 Å². The van der Waals surface area contributed by atoms with E-state index in [0.717, 1.165) is 9.35 Å². The first-order valence-electron chi connectivity index (χ1n) is 4.91. The lowest BCUT2D eigenvalue weighted by molar-refractivity contribution is -0.125. The number of rotatable bonds is 4. The quantitative estimate of drug-likeness (QED) is 0.614. The van der Waals surface area contributed by atoms with E-state index >= 15 is 0 Å². The molecule has 0 spiro atoms. The average Bonchev–Trinajstić information content (AvgIpc) is 2.64. The Labute approximate surface area is 108 Å². The van der Waals surface area contributed by atoms with Crippen molar-refractivity contribution in [1.29, 1.82) is 0 Å². The molecular formula is C12H14BrNOS. The first-order chi connectivity index (χ1) is 7.63. The maximum atomic E-state index is 11.6. The van der Waals surface area contributed by atoms with E-state index < -0.39 is 0 Å². The lowest BCUT2D eigenvalue weighted by atomic mass is 10.3. The Bertz CT molecular complexity index is 409. The second-order valence-electron chi connectivity index (χ2n) is 3.34. The SMILES string of the molecule is CC=CC=CC(=O)N(C)Cc1csc(Br)c1. The summed E-state index contributed by atoms with van der Waals surface area (Å²) >= 11 is 5.03. The molecule has 4 heteroatoms. The highest BCUT2D eigenvalue weighted by Crippen LogP contribution is 2.21. The van der Waals surface area contributed by atoms with Crippen molar-refractivity contribution >= 4 is 33.2 Å². The predicted octanol–water partition coefficient (Wildman–Crippen LogP) is 3.60. The number of halogens is 1. The van der Waals surface area contributed by atoms with Gasteiger partial charge in [0.25, 0.3) is 0 Å². The summed E-state index contributed by atoms with van der Waals surface area (Å²) in [6.07, 6.45) is 7.05. The number of carbonyl (C=O) groups excluding carboxylic acids is 1. The highest BCUT2D eigenvalue weighted by molar-refractivity contribution is 9.11. The smallest absolute Gasteiger partial charge is 0.246 e. The van der Waals surface area contributed by atoms with E-state index in [-0.39, 0.29) is 5.91 Å². The summed E-state index contributed by atoms with van der Waals surface area (Å²) < 4.78 is 1.09. The standard InChI is InChI=1S/C12H14BrNOS/c1-3-4-5-6-12(15)14(2)8-10-7-11(13)16-9-10/h3-7,9H,8H2,1-2H3. The Morgan fingerprint density at radius 2 is 2.31 bits per heavy atom. The van der Waals surface area contributed by atoms with E-state index in [9.17, 15) is 4.79 Å². The van der Waals surface area contributed by atoms with Crippen LogP contribution in [-0.2, 0) is 11.3 Å². The van der Waals surface area contributed by atoms with E-state index in [2.05, 4.69) is 15.9 Å². The van der Waals surface area contributed by atoms with Gasteiger partial charge in [0.15, 0.2) is 0 Å². The number of nitrogens with zero attached hydrogens (tertiary/aromatic N) is 1. The fourth-order valence-corrected chi connectivity index (χ4v) is 2.36. The molecule has 0 saturated carbocycles. The van der Waals surface area contributed by atoms with Crippen molar-refractivity contribution in [2.24, 2.45) is 0 Å². The number of amides is 1. The molecule has 1 aromatic heterocycles. The van der Waals surface area contributed by atoms with Gasteiger partial charge in [-0.3, -0.25) is 4.79 Å². The fourth-order valence-electron chi connectivity index (χ4n) is 1.16. The number of hydrogen-bond acceptors (Lipinski definition) is 2. The number of thiophene rings is 1. The third-order valence-corrected chi connectivity index (χ3v) is 3.51. The molecule has 0 unspecified atom stereocenters. The van der Waals surface area contributed by atoms with Gasteiger partial charge >= 0.3 is 0 Å². The highest BCUT2D eigenvalue weighted by atomic mass is 79.9. The molecule has 0 aliphatic carbocycles. The van der Waals surface area contributed by atoms with Crippen molar-refractivity contribution < 1.29 is 4.79 Å². The van der Waals surface area contributed by atoms with Crippen LogP contribution in [0.2, 0.25) is 0 Å². The molecular weight excluding hydrogens is 286 g/mol. The van der Waals surface area contributed by atoms with Gasteiger partial charge in [0.1, 0.15) is 0 Å². The molecule has 1 heterocycles. The molecule has 0 aliphatic heterocycles. The minimum Gasteiger partial charge on any atom is -0.338 e.